The summed E-state index contributed by atoms with van der Waals surface area (Å²) < 4.78 is 23.4. The van der Waals surface area contributed by atoms with Crippen molar-refractivity contribution < 1.29 is 23.5 Å². The Labute approximate surface area is 144 Å². The molecule has 0 aliphatic carbocycles. The van der Waals surface area contributed by atoms with Gasteiger partial charge in [0.1, 0.15) is 6.61 Å². The number of amides is 2. The summed E-state index contributed by atoms with van der Waals surface area (Å²) in [7, 11) is 1.37. The number of carbonyl (C=O) groups excluding carboxylic acids is 2. The van der Waals surface area contributed by atoms with E-state index in [9.17, 15) is 14.0 Å². The van der Waals surface area contributed by atoms with Gasteiger partial charge in [-0.15, -0.1) is 0 Å². The highest BCUT2D eigenvalue weighted by Crippen LogP contribution is 2.18. The van der Waals surface area contributed by atoms with Crippen LogP contribution in [-0.2, 0) is 16.1 Å². The second kappa shape index (κ2) is 9.27. The lowest BCUT2D eigenvalue weighted by Gasteiger charge is -2.08. The minimum atomic E-state index is -0.518. The van der Waals surface area contributed by atoms with Crippen LogP contribution in [0.4, 0.5) is 14.9 Å². The van der Waals surface area contributed by atoms with Crippen molar-refractivity contribution in [1.82, 2.24) is 5.32 Å². The van der Waals surface area contributed by atoms with Crippen LogP contribution in [0.3, 0.4) is 0 Å². The number of para-hydroxylation sites is 1. The van der Waals surface area contributed by atoms with Crippen LogP contribution in [0.1, 0.15) is 12.0 Å². The van der Waals surface area contributed by atoms with Crippen molar-refractivity contribution in [3.8, 4) is 5.75 Å². The number of anilines is 1. The third kappa shape index (κ3) is 6.14. The third-order valence-corrected chi connectivity index (χ3v) is 3.26. The van der Waals surface area contributed by atoms with Gasteiger partial charge in [-0.3, -0.25) is 4.79 Å². The van der Waals surface area contributed by atoms with Gasteiger partial charge in [-0.25, -0.2) is 9.18 Å². The Kier molecular flexibility index (Phi) is 6.76. The van der Waals surface area contributed by atoms with E-state index < -0.39 is 17.8 Å². The van der Waals surface area contributed by atoms with Crippen LogP contribution in [0.15, 0.2) is 48.5 Å². The predicted molar refractivity (Wildman–Crippen MR) is 90.8 cm³/mol. The Hall–Kier alpha value is -3.09. The minimum absolute atomic E-state index is 0.0147. The normalized spacial score (nSPS) is 10.0. The van der Waals surface area contributed by atoms with Gasteiger partial charge < -0.3 is 20.1 Å². The van der Waals surface area contributed by atoms with Gasteiger partial charge >= 0.3 is 12.0 Å². The molecular formula is C18H19FN2O4. The fourth-order valence-corrected chi connectivity index (χ4v) is 2.01. The van der Waals surface area contributed by atoms with Crippen molar-refractivity contribution in [2.75, 3.05) is 19.0 Å². The first-order valence-corrected chi connectivity index (χ1v) is 7.66. The fraction of sp³-hybridized carbons (Fsp3) is 0.222. The number of methoxy groups -OCH3 is 1. The van der Waals surface area contributed by atoms with Crippen molar-refractivity contribution in [2.24, 2.45) is 0 Å². The molecule has 25 heavy (non-hydrogen) atoms. The van der Waals surface area contributed by atoms with E-state index in [2.05, 4.69) is 10.6 Å². The molecule has 2 rings (SSSR count). The van der Waals surface area contributed by atoms with Crippen LogP contribution in [-0.4, -0.2) is 25.7 Å². The van der Waals surface area contributed by atoms with Gasteiger partial charge in [0.05, 0.1) is 13.5 Å². The van der Waals surface area contributed by atoms with Crippen LogP contribution in [0.5, 0.6) is 5.75 Å². The number of hydrogen-bond acceptors (Lipinski definition) is 4. The maximum Gasteiger partial charge on any atom is 0.319 e. The molecule has 0 fully saturated rings. The van der Waals surface area contributed by atoms with Crippen molar-refractivity contribution in [3.63, 3.8) is 0 Å². The Morgan fingerprint density at radius 2 is 1.88 bits per heavy atom. The Morgan fingerprint density at radius 3 is 2.56 bits per heavy atom. The van der Waals surface area contributed by atoms with Gasteiger partial charge in [-0.1, -0.05) is 24.3 Å². The molecule has 0 aromatic heterocycles. The van der Waals surface area contributed by atoms with E-state index in [1.807, 2.05) is 6.07 Å². The summed E-state index contributed by atoms with van der Waals surface area (Å²) in [6.45, 7) is 0.0877. The van der Waals surface area contributed by atoms with Gasteiger partial charge in [0.15, 0.2) is 11.6 Å². The lowest BCUT2D eigenvalue weighted by Crippen LogP contribution is -2.30. The van der Waals surface area contributed by atoms with Gasteiger partial charge in [0.25, 0.3) is 0 Å². The van der Waals surface area contributed by atoms with E-state index in [1.165, 1.54) is 19.2 Å². The van der Waals surface area contributed by atoms with Crippen LogP contribution in [0.25, 0.3) is 0 Å². The monoisotopic (exact) mass is 346 g/mol. The Balaban J connectivity index is 1.67. The Bertz CT molecular complexity index is 722. The zero-order chi connectivity index (χ0) is 18.1. The van der Waals surface area contributed by atoms with Crippen molar-refractivity contribution in [3.05, 3.63) is 59.9 Å². The van der Waals surface area contributed by atoms with Gasteiger partial charge in [-0.2, -0.15) is 0 Å². The zero-order valence-electron chi connectivity index (χ0n) is 13.8. The van der Waals surface area contributed by atoms with Crippen LogP contribution in [0.2, 0.25) is 0 Å². The molecule has 0 aliphatic rings. The number of esters is 1. The highest BCUT2D eigenvalue weighted by Gasteiger charge is 2.08. The van der Waals surface area contributed by atoms with Crippen molar-refractivity contribution in [2.45, 2.75) is 13.0 Å². The van der Waals surface area contributed by atoms with Crippen LogP contribution in [0, 0.1) is 5.82 Å². The standard InChI is InChI=1S/C18H19FN2O4/c1-24-16-8-7-13(11-15(16)19)12-25-17(22)9-10-20-18(23)21-14-5-3-2-4-6-14/h2-8,11H,9-10,12H2,1H3,(H2,20,21,23). The lowest BCUT2D eigenvalue weighted by molar-refractivity contribution is -0.144. The molecule has 0 saturated heterocycles. The number of halogens is 1. The third-order valence-electron chi connectivity index (χ3n) is 3.26. The number of hydrogen-bond donors (Lipinski definition) is 2. The molecule has 2 N–H and O–H groups in total. The zero-order valence-corrected chi connectivity index (χ0v) is 13.8. The van der Waals surface area contributed by atoms with Gasteiger partial charge in [0.2, 0.25) is 0 Å². The highest BCUT2D eigenvalue weighted by atomic mass is 19.1. The first-order valence-electron chi connectivity index (χ1n) is 7.66. The highest BCUT2D eigenvalue weighted by molar-refractivity contribution is 5.89. The van der Waals surface area contributed by atoms with Crippen molar-refractivity contribution in [1.29, 1.82) is 0 Å². The molecule has 0 aliphatic heterocycles. The molecule has 2 aromatic rings. The summed E-state index contributed by atoms with van der Waals surface area (Å²) >= 11 is 0. The quantitative estimate of drug-likeness (QED) is 0.756. The summed E-state index contributed by atoms with van der Waals surface area (Å²) in [4.78, 5) is 23.3. The molecule has 132 valence electrons. The number of urea groups is 1. The molecule has 0 atom stereocenters. The molecule has 0 spiro atoms. The second-order valence-corrected chi connectivity index (χ2v) is 5.13. The largest absolute Gasteiger partial charge is 0.494 e. The number of benzene rings is 2. The Morgan fingerprint density at radius 1 is 1.12 bits per heavy atom. The number of nitrogens with one attached hydrogen (secondary N) is 2. The molecule has 2 aromatic carbocycles. The smallest absolute Gasteiger partial charge is 0.319 e. The van der Waals surface area contributed by atoms with E-state index in [0.29, 0.717) is 11.3 Å². The van der Waals surface area contributed by atoms with E-state index >= 15 is 0 Å². The van der Waals surface area contributed by atoms with E-state index in [0.717, 1.165) is 0 Å². The average Bonchev–Trinajstić information content (AvgIpc) is 2.61. The topological polar surface area (TPSA) is 76.7 Å². The molecule has 0 saturated carbocycles. The summed E-state index contributed by atoms with van der Waals surface area (Å²) in [5, 5.41) is 5.19. The maximum absolute atomic E-state index is 13.5. The summed E-state index contributed by atoms with van der Waals surface area (Å²) in [6.07, 6.45) is 0.0147. The summed E-state index contributed by atoms with van der Waals surface area (Å²) in [6, 6.07) is 12.9. The number of ether oxygens (including phenoxy) is 2. The van der Waals surface area contributed by atoms with Gasteiger partial charge in [-0.05, 0) is 29.8 Å². The van der Waals surface area contributed by atoms with E-state index in [4.69, 9.17) is 9.47 Å². The maximum atomic E-state index is 13.5. The minimum Gasteiger partial charge on any atom is -0.494 e. The average molecular weight is 346 g/mol. The van der Waals surface area contributed by atoms with Crippen molar-refractivity contribution >= 4 is 17.7 Å². The van der Waals surface area contributed by atoms with Gasteiger partial charge in [0, 0.05) is 12.2 Å². The molecule has 0 unspecified atom stereocenters. The summed E-state index contributed by atoms with van der Waals surface area (Å²) in [5.74, 6) is -0.879. The molecule has 0 radical (unpaired) electrons. The fourth-order valence-electron chi connectivity index (χ4n) is 2.01. The molecule has 0 heterocycles. The van der Waals surface area contributed by atoms with E-state index in [1.54, 1.807) is 30.3 Å². The lowest BCUT2D eigenvalue weighted by atomic mass is 10.2. The SMILES string of the molecule is COc1ccc(COC(=O)CCNC(=O)Nc2ccccc2)cc1F. The number of rotatable bonds is 7. The van der Waals surface area contributed by atoms with Crippen LogP contribution < -0.4 is 15.4 Å². The number of carbonyl (C=O) groups is 2. The molecule has 2 amide bonds. The van der Waals surface area contributed by atoms with E-state index in [-0.39, 0.29) is 25.3 Å². The van der Waals surface area contributed by atoms with Crippen LogP contribution >= 0.6 is 0 Å². The predicted octanol–water partition coefficient (Wildman–Crippen LogP) is 3.09. The first-order chi connectivity index (χ1) is 12.1. The first kappa shape index (κ1) is 18.3. The molecule has 6 nitrogen and oxygen atoms in total. The molecule has 0 bridgehead atoms. The molecule has 7 heteroatoms. The molecular weight excluding hydrogens is 327 g/mol. The second-order valence-electron chi connectivity index (χ2n) is 5.13. The summed E-state index contributed by atoms with van der Waals surface area (Å²) in [5.41, 5.74) is 1.17.